The zero-order valence-corrected chi connectivity index (χ0v) is 8.14. The number of rotatable bonds is 3. The van der Waals surface area contributed by atoms with Crippen molar-refractivity contribution in [3.05, 3.63) is 35.9 Å². The fourth-order valence-electron chi connectivity index (χ4n) is 1.08. The van der Waals surface area contributed by atoms with Gasteiger partial charge in [-0.2, -0.15) is 5.10 Å². The molecule has 74 valence electrons. The van der Waals surface area contributed by atoms with Gasteiger partial charge in [-0.25, -0.2) is 0 Å². The van der Waals surface area contributed by atoms with Crippen molar-refractivity contribution in [1.29, 1.82) is 0 Å². The van der Waals surface area contributed by atoms with Crippen molar-refractivity contribution in [3.63, 3.8) is 0 Å². The van der Waals surface area contributed by atoms with Crippen LogP contribution in [0.5, 0.6) is 0 Å². The molecule has 0 aliphatic heterocycles. The Morgan fingerprint density at radius 1 is 1.14 bits per heavy atom. The lowest BCUT2D eigenvalue weighted by Crippen LogP contribution is -2.22. The lowest BCUT2D eigenvalue weighted by Gasteiger charge is -2.00. The van der Waals surface area contributed by atoms with Crippen molar-refractivity contribution in [2.24, 2.45) is 21.7 Å². The number of nitrogens with zero attached hydrogens (tertiary/aromatic N) is 2. The molecule has 4 N–H and O–H groups in total. The summed E-state index contributed by atoms with van der Waals surface area (Å²) in [5, 5.41) is 7.60. The number of nitrogens with two attached hydrogens (primary N) is 2. The molecule has 0 aromatic heterocycles. The Kier molecular flexibility index (Phi) is 3.67. The van der Waals surface area contributed by atoms with Gasteiger partial charge >= 0.3 is 0 Å². The van der Waals surface area contributed by atoms with Crippen LogP contribution in [0.1, 0.15) is 18.9 Å². The quantitative estimate of drug-likeness (QED) is 0.425. The van der Waals surface area contributed by atoms with Crippen LogP contribution in [0.15, 0.2) is 40.5 Å². The summed E-state index contributed by atoms with van der Waals surface area (Å²) >= 11 is 0. The molecule has 1 aromatic rings. The Balaban J connectivity index is 2.93. The van der Waals surface area contributed by atoms with Crippen LogP contribution in [0.25, 0.3) is 0 Å². The minimum absolute atomic E-state index is 0.0214. The third-order valence-electron chi connectivity index (χ3n) is 1.73. The van der Waals surface area contributed by atoms with E-state index >= 15 is 0 Å². The van der Waals surface area contributed by atoms with Gasteiger partial charge in [0.1, 0.15) is 0 Å². The average molecular weight is 190 g/mol. The molecule has 1 aromatic carbocycles. The monoisotopic (exact) mass is 190 g/mol. The van der Waals surface area contributed by atoms with E-state index in [-0.39, 0.29) is 5.96 Å². The third-order valence-corrected chi connectivity index (χ3v) is 1.73. The maximum Gasteiger partial charge on any atom is 0.211 e. The van der Waals surface area contributed by atoms with Crippen molar-refractivity contribution in [2.45, 2.75) is 13.3 Å². The molecule has 0 bridgehead atoms. The van der Waals surface area contributed by atoms with E-state index in [0.29, 0.717) is 0 Å². The number of guanidine groups is 1. The Bertz CT molecular complexity index is 336. The van der Waals surface area contributed by atoms with E-state index in [9.17, 15) is 0 Å². The molecule has 4 heteroatoms. The minimum Gasteiger partial charge on any atom is -0.369 e. The first-order chi connectivity index (χ1) is 6.74. The van der Waals surface area contributed by atoms with E-state index in [0.717, 1.165) is 17.7 Å². The first-order valence-electron chi connectivity index (χ1n) is 4.45. The second kappa shape index (κ2) is 5.01. The Morgan fingerprint density at radius 3 is 2.29 bits per heavy atom. The fraction of sp³-hybridized carbons (Fsp3) is 0.200. The second-order valence-electron chi connectivity index (χ2n) is 2.79. The summed E-state index contributed by atoms with van der Waals surface area (Å²) in [6.45, 7) is 2.01. The van der Waals surface area contributed by atoms with E-state index in [1.165, 1.54) is 0 Å². The van der Waals surface area contributed by atoms with Crippen molar-refractivity contribution in [1.82, 2.24) is 0 Å². The third kappa shape index (κ3) is 2.90. The van der Waals surface area contributed by atoms with Gasteiger partial charge in [0.05, 0.1) is 5.71 Å². The van der Waals surface area contributed by atoms with Crippen LogP contribution in [-0.4, -0.2) is 11.7 Å². The standard InChI is InChI=1S/C10H14N4/c1-2-9(13-14-10(11)12)8-6-4-3-5-7-8/h3-7H,2H2,1H3,(H4,11,12,14)/b13-9-. The predicted molar refractivity (Wildman–Crippen MR) is 59.1 cm³/mol. The van der Waals surface area contributed by atoms with Crippen LogP contribution in [0.2, 0.25) is 0 Å². The Hall–Kier alpha value is -1.84. The average Bonchev–Trinajstić information content (AvgIpc) is 2.20. The van der Waals surface area contributed by atoms with Crippen molar-refractivity contribution in [2.75, 3.05) is 0 Å². The highest BCUT2D eigenvalue weighted by molar-refractivity contribution is 6.00. The van der Waals surface area contributed by atoms with Crippen LogP contribution in [0.4, 0.5) is 0 Å². The van der Waals surface area contributed by atoms with E-state index < -0.39 is 0 Å². The SMILES string of the molecule is CC/C(=N/N=C(N)N)c1ccccc1. The summed E-state index contributed by atoms with van der Waals surface area (Å²) in [5.74, 6) is -0.0214. The van der Waals surface area contributed by atoms with Crippen LogP contribution in [-0.2, 0) is 0 Å². The van der Waals surface area contributed by atoms with E-state index in [1.807, 2.05) is 37.3 Å². The zero-order valence-electron chi connectivity index (χ0n) is 8.14. The smallest absolute Gasteiger partial charge is 0.211 e. The van der Waals surface area contributed by atoms with Gasteiger partial charge in [0, 0.05) is 0 Å². The summed E-state index contributed by atoms with van der Waals surface area (Å²) in [4.78, 5) is 0. The zero-order chi connectivity index (χ0) is 10.4. The highest BCUT2D eigenvalue weighted by Crippen LogP contribution is 2.04. The molecule has 4 nitrogen and oxygen atoms in total. The molecule has 0 saturated carbocycles. The maximum atomic E-state index is 5.19. The van der Waals surface area contributed by atoms with Gasteiger partial charge in [0.15, 0.2) is 0 Å². The van der Waals surface area contributed by atoms with E-state index in [2.05, 4.69) is 10.2 Å². The van der Waals surface area contributed by atoms with Crippen LogP contribution < -0.4 is 11.5 Å². The van der Waals surface area contributed by atoms with Crippen LogP contribution in [0.3, 0.4) is 0 Å². The largest absolute Gasteiger partial charge is 0.369 e. The molecule has 0 spiro atoms. The second-order valence-corrected chi connectivity index (χ2v) is 2.79. The molecular formula is C10H14N4. The first-order valence-corrected chi connectivity index (χ1v) is 4.45. The van der Waals surface area contributed by atoms with Crippen molar-refractivity contribution in [3.8, 4) is 0 Å². The summed E-state index contributed by atoms with van der Waals surface area (Å²) in [5.41, 5.74) is 12.3. The van der Waals surface area contributed by atoms with Gasteiger partial charge in [0.25, 0.3) is 0 Å². The Morgan fingerprint density at radius 2 is 1.79 bits per heavy atom. The molecule has 0 aliphatic carbocycles. The van der Waals surface area contributed by atoms with Gasteiger partial charge in [-0.3, -0.25) is 0 Å². The lowest BCUT2D eigenvalue weighted by molar-refractivity contribution is 1.15. The van der Waals surface area contributed by atoms with E-state index in [1.54, 1.807) is 0 Å². The molecule has 0 aliphatic rings. The molecule has 0 saturated heterocycles. The molecule has 1 rings (SSSR count). The van der Waals surface area contributed by atoms with Crippen molar-refractivity contribution >= 4 is 11.7 Å². The molecule has 14 heavy (non-hydrogen) atoms. The fourth-order valence-corrected chi connectivity index (χ4v) is 1.08. The van der Waals surface area contributed by atoms with Crippen LogP contribution >= 0.6 is 0 Å². The molecular weight excluding hydrogens is 176 g/mol. The lowest BCUT2D eigenvalue weighted by atomic mass is 10.1. The highest BCUT2D eigenvalue weighted by Gasteiger charge is 1.98. The molecule has 0 unspecified atom stereocenters. The molecule has 0 fully saturated rings. The minimum atomic E-state index is -0.0214. The summed E-state index contributed by atoms with van der Waals surface area (Å²) in [6.07, 6.45) is 0.792. The predicted octanol–water partition coefficient (Wildman–Crippen LogP) is 1.07. The van der Waals surface area contributed by atoms with Gasteiger partial charge in [-0.1, -0.05) is 37.3 Å². The first kappa shape index (κ1) is 10.2. The molecule has 0 radical (unpaired) electrons. The molecule has 0 atom stereocenters. The normalized spacial score (nSPS) is 11.1. The summed E-state index contributed by atoms with van der Waals surface area (Å²) in [6, 6.07) is 9.82. The van der Waals surface area contributed by atoms with Gasteiger partial charge < -0.3 is 11.5 Å². The Labute approximate surface area is 83.3 Å². The number of hydrogen-bond acceptors (Lipinski definition) is 2. The maximum absolute atomic E-state index is 5.19. The number of benzene rings is 1. The summed E-state index contributed by atoms with van der Waals surface area (Å²) in [7, 11) is 0. The number of hydrogen-bond donors (Lipinski definition) is 2. The summed E-state index contributed by atoms with van der Waals surface area (Å²) < 4.78 is 0. The highest BCUT2D eigenvalue weighted by atomic mass is 15.3. The van der Waals surface area contributed by atoms with Gasteiger partial charge in [0.2, 0.25) is 5.96 Å². The topological polar surface area (TPSA) is 76.8 Å². The van der Waals surface area contributed by atoms with Crippen molar-refractivity contribution < 1.29 is 0 Å². The van der Waals surface area contributed by atoms with E-state index in [4.69, 9.17) is 11.5 Å². The van der Waals surface area contributed by atoms with Crippen LogP contribution in [0, 0.1) is 0 Å². The van der Waals surface area contributed by atoms with Gasteiger partial charge in [-0.05, 0) is 12.0 Å². The molecule has 0 amide bonds. The van der Waals surface area contributed by atoms with Gasteiger partial charge in [-0.15, -0.1) is 5.10 Å². The molecule has 0 heterocycles.